The average molecular weight is 347 g/mol. The van der Waals surface area contributed by atoms with Crippen molar-refractivity contribution in [3.8, 4) is 17.1 Å². The maximum absolute atomic E-state index is 9.68. The first kappa shape index (κ1) is 13.8. The van der Waals surface area contributed by atoms with Gasteiger partial charge in [-0.1, -0.05) is 18.2 Å². The average Bonchev–Trinajstić information content (AvgIpc) is 3.12. The van der Waals surface area contributed by atoms with Crippen molar-refractivity contribution < 1.29 is 5.11 Å². The molecule has 0 atom stereocenters. The molecule has 0 aliphatic heterocycles. The van der Waals surface area contributed by atoms with Crippen LogP contribution in [-0.2, 0) is 0 Å². The molecule has 0 amide bonds. The van der Waals surface area contributed by atoms with Crippen molar-refractivity contribution in [2.75, 3.05) is 0 Å². The van der Waals surface area contributed by atoms with Gasteiger partial charge in [0.25, 0.3) is 0 Å². The molecule has 1 aromatic heterocycles. The second kappa shape index (κ2) is 5.19. The number of hydrogen-bond acceptors (Lipinski definition) is 4. The molecule has 0 saturated heterocycles. The highest BCUT2D eigenvalue weighted by Crippen LogP contribution is 2.31. The summed E-state index contributed by atoms with van der Waals surface area (Å²) in [6, 6.07) is 20.5. The van der Waals surface area contributed by atoms with Gasteiger partial charge in [-0.05, 0) is 74.8 Å². The van der Waals surface area contributed by atoms with Crippen LogP contribution in [0.2, 0.25) is 0 Å². The monoisotopic (exact) mass is 347 g/mol. The van der Waals surface area contributed by atoms with E-state index in [-0.39, 0.29) is 0 Å². The standard InChI is InChI=1S/C19H10N2OS2/c22-18-4-3-12-6-15-8-14-7-13(19-20-23-24-21-19)2-1-11(14)5-16(15)9-17(12)10-18/h1-10H/p+1. The predicted molar refractivity (Wildman–Crippen MR) is 102 cm³/mol. The third kappa shape index (κ3) is 2.21. The summed E-state index contributed by atoms with van der Waals surface area (Å²) >= 11 is 0. The van der Waals surface area contributed by atoms with Gasteiger partial charge >= 0.3 is 21.1 Å². The highest BCUT2D eigenvalue weighted by atomic mass is 32.9. The maximum Gasteiger partial charge on any atom is 0.462 e. The Labute approximate surface area is 145 Å². The number of nitrogens with zero attached hydrogens (tertiary/aromatic N) is 2. The summed E-state index contributed by atoms with van der Waals surface area (Å²) < 4.78 is 8.66. The lowest BCUT2D eigenvalue weighted by Crippen LogP contribution is -1.82. The number of benzene rings is 4. The van der Waals surface area contributed by atoms with E-state index in [9.17, 15) is 5.11 Å². The Morgan fingerprint density at radius 2 is 1.33 bits per heavy atom. The smallest absolute Gasteiger partial charge is 0.462 e. The van der Waals surface area contributed by atoms with E-state index in [2.05, 4.69) is 51.2 Å². The van der Waals surface area contributed by atoms with Crippen molar-refractivity contribution in [3.05, 3.63) is 60.7 Å². The molecule has 0 fully saturated rings. The molecule has 0 spiro atoms. The first-order valence-electron chi connectivity index (χ1n) is 7.49. The van der Waals surface area contributed by atoms with Crippen molar-refractivity contribution in [2.45, 2.75) is 0 Å². The molecule has 0 saturated carbocycles. The molecule has 5 heteroatoms. The molecule has 0 aliphatic rings. The van der Waals surface area contributed by atoms with Gasteiger partial charge in [-0.15, -0.1) is 4.37 Å². The van der Waals surface area contributed by atoms with E-state index in [0.717, 1.165) is 22.2 Å². The van der Waals surface area contributed by atoms with Gasteiger partial charge in [-0.25, -0.2) is 0 Å². The van der Waals surface area contributed by atoms with Crippen LogP contribution >= 0.6 is 21.1 Å². The molecule has 0 bridgehead atoms. The molecular formula is C19H11N2OS2+. The van der Waals surface area contributed by atoms with Gasteiger partial charge in [0.2, 0.25) is 5.82 Å². The number of aromatic hydroxyl groups is 1. The SMILES string of the molecule is Oc1ccc2cc3cc4cc(-c5ns[s+]n5)ccc4cc3cc2c1. The van der Waals surface area contributed by atoms with Gasteiger partial charge in [0.1, 0.15) is 5.75 Å². The minimum atomic E-state index is 0.295. The van der Waals surface area contributed by atoms with Crippen molar-refractivity contribution in [2.24, 2.45) is 0 Å². The molecular weight excluding hydrogens is 336 g/mol. The zero-order valence-corrected chi connectivity index (χ0v) is 14.1. The molecule has 1 heterocycles. The fraction of sp³-hybridized carbons (Fsp3) is 0. The van der Waals surface area contributed by atoms with Gasteiger partial charge in [0.15, 0.2) is 0 Å². The molecule has 4 aromatic carbocycles. The van der Waals surface area contributed by atoms with E-state index < -0.39 is 0 Å². The molecule has 0 unspecified atom stereocenters. The van der Waals surface area contributed by atoms with Crippen LogP contribution in [0, 0.1) is 0 Å². The molecule has 5 aromatic rings. The zero-order chi connectivity index (χ0) is 16.1. The van der Waals surface area contributed by atoms with Gasteiger partial charge in [0.05, 0.1) is 4.37 Å². The van der Waals surface area contributed by atoms with Gasteiger partial charge in [0, 0.05) is 5.56 Å². The van der Waals surface area contributed by atoms with E-state index in [1.54, 1.807) is 12.1 Å². The number of phenolic OH excluding ortho intramolecular Hbond substituents is 1. The number of aromatic nitrogens is 2. The van der Waals surface area contributed by atoms with Crippen LogP contribution in [0.3, 0.4) is 0 Å². The molecule has 1 N–H and O–H groups in total. The summed E-state index contributed by atoms with van der Waals surface area (Å²) in [5.74, 6) is 1.09. The van der Waals surface area contributed by atoms with E-state index in [4.69, 9.17) is 0 Å². The minimum absolute atomic E-state index is 0.295. The Bertz CT molecular complexity index is 1220. The van der Waals surface area contributed by atoms with Gasteiger partial charge < -0.3 is 5.11 Å². The van der Waals surface area contributed by atoms with Crippen LogP contribution in [0.5, 0.6) is 5.75 Å². The highest BCUT2D eigenvalue weighted by molar-refractivity contribution is 7.64. The Hall–Kier alpha value is -2.63. The lowest BCUT2D eigenvalue weighted by Gasteiger charge is -2.06. The van der Waals surface area contributed by atoms with Gasteiger partial charge in [-0.3, -0.25) is 0 Å². The molecule has 3 nitrogen and oxygen atoms in total. The van der Waals surface area contributed by atoms with E-state index in [0.29, 0.717) is 5.75 Å². The fourth-order valence-electron chi connectivity index (χ4n) is 3.10. The maximum atomic E-state index is 9.68. The Balaban J connectivity index is 1.78. The van der Waals surface area contributed by atoms with Gasteiger partial charge in [-0.2, -0.15) is 0 Å². The summed E-state index contributed by atoms with van der Waals surface area (Å²) in [4.78, 5) is 0. The number of rotatable bonds is 1. The molecule has 0 aliphatic carbocycles. The Morgan fingerprint density at radius 3 is 2.04 bits per heavy atom. The normalized spacial score (nSPS) is 11.5. The van der Waals surface area contributed by atoms with E-state index in [1.165, 1.54) is 42.6 Å². The molecule has 0 radical (unpaired) electrons. The lowest BCUT2D eigenvalue weighted by molar-refractivity contribution is 0.476. The first-order chi connectivity index (χ1) is 11.8. The molecule has 24 heavy (non-hydrogen) atoms. The predicted octanol–water partition coefficient (Wildman–Crippen LogP) is 5.71. The lowest BCUT2D eigenvalue weighted by atomic mass is 9.98. The Kier molecular flexibility index (Phi) is 2.98. The van der Waals surface area contributed by atoms with Crippen LogP contribution in [0.1, 0.15) is 0 Å². The van der Waals surface area contributed by atoms with Crippen LogP contribution in [0.15, 0.2) is 60.7 Å². The first-order valence-corrected chi connectivity index (χ1v) is 9.55. The fourth-order valence-corrected chi connectivity index (χ4v) is 4.28. The minimum Gasteiger partial charge on any atom is -0.508 e. The quantitative estimate of drug-likeness (QED) is 0.240. The van der Waals surface area contributed by atoms with Crippen LogP contribution in [0.4, 0.5) is 0 Å². The van der Waals surface area contributed by atoms with Crippen LogP contribution in [-0.4, -0.2) is 13.9 Å². The summed E-state index contributed by atoms with van der Waals surface area (Å²) in [5, 5.41) is 16.6. The number of hydrogen-bond donors (Lipinski definition) is 1. The van der Waals surface area contributed by atoms with Crippen molar-refractivity contribution >= 4 is 53.4 Å². The van der Waals surface area contributed by atoms with Crippen molar-refractivity contribution in [1.29, 1.82) is 0 Å². The van der Waals surface area contributed by atoms with E-state index in [1.807, 2.05) is 6.07 Å². The Morgan fingerprint density at radius 1 is 0.708 bits per heavy atom. The van der Waals surface area contributed by atoms with Crippen molar-refractivity contribution in [1.82, 2.24) is 8.75 Å². The molecule has 114 valence electrons. The van der Waals surface area contributed by atoms with Crippen LogP contribution < -0.4 is 0 Å². The zero-order valence-electron chi connectivity index (χ0n) is 12.4. The van der Waals surface area contributed by atoms with E-state index >= 15 is 0 Å². The summed E-state index contributed by atoms with van der Waals surface area (Å²) in [6.45, 7) is 0. The topological polar surface area (TPSA) is 46.0 Å². The third-order valence-electron chi connectivity index (χ3n) is 4.27. The molecule has 5 rings (SSSR count). The number of phenols is 1. The summed E-state index contributed by atoms with van der Waals surface area (Å²) in [7, 11) is 2.81. The van der Waals surface area contributed by atoms with Crippen LogP contribution in [0.25, 0.3) is 43.7 Å². The largest absolute Gasteiger partial charge is 0.508 e. The second-order valence-corrected chi connectivity index (χ2v) is 7.36. The summed E-state index contributed by atoms with van der Waals surface area (Å²) in [6.07, 6.45) is 0. The van der Waals surface area contributed by atoms with Crippen molar-refractivity contribution in [3.63, 3.8) is 0 Å². The highest BCUT2D eigenvalue weighted by Gasteiger charge is 2.10. The summed E-state index contributed by atoms with van der Waals surface area (Å²) in [5.41, 5.74) is 1.05. The number of fused-ring (bicyclic) bond motifs is 3. The third-order valence-corrected chi connectivity index (χ3v) is 5.48. The second-order valence-electron chi connectivity index (χ2n) is 5.80.